The molecule has 0 aliphatic heterocycles. The average Bonchev–Trinajstić information content (AvgIpc) is 2.41. The molecule has 0 saturated heterocycles. The third-order valence-corrected chi connectivity index (χ3v) is 2.35. The molecule has 1 aromatic heterocycles. The first-order valence-electron chi connectivity index (χ1n) is 5.53. The maximum absolute atomic E-state index is 12.6. The molecule has 0 aliphatic rings. The Hall–Kier alpha value is -2.44. The molecule has 7 heteroatoms. The molecule has 0 spiro atoms. The fourth-order valence-corrected chi connectivity index (χ4v) is 1.35. The highest BCUT2D eigenvalue weighted by Gasteiger charge is 2.30. The Labute approximate surface area is 112 Å². The van der Waals surface area contributed by atoms with Gasteiger partial charge in [0.25, 0.3) is 0 Å². The fraction of sp³-hybridized carbons (Fsp3) is 0.0769. The van der Waals surface area contributed by atoms with Crippen LogP contribution < -0.4 is 5.43 Å². The highest BCUT2D eigenvalue weighted by Crippen LogP contribution is 2.28. The minimum atomic E-state index is -4.41. The highest BCUT2D eigenvalue weighted by molar-refractivity contribution is 5.79. The number of aromatic nitrogens is 1. The summed E-state index contributed by atoms with van der Waals surface area (Å²) in [6, 6.07) is 7.66. The van der Waals surface area contributed by atoms with E-state index in [0.29, 0.717) is 5.56 Å². The summed E-state index contributed by atoms with van der Waals surface area (Å²) in [6.07, 6.45) is -2.29. The number of halogens is 4. The molecule has 0 amide bonds. The quantitative estimate of drug-likeness (QED) is 0.530. The monoisotopic (exact) mass is 283 g/mol. The number of anilines is 1. The molecular weight excluding hydrogens is 274 g/mol. The molecule has 1 N–H and O–H groups in total. The van der Waals surface area contributed by atoms with Crippen LogP contribution in [0.4, 0.5) is 23.4 Å². The fourth-order valence-electron chi connectivity index (χ4n) is 1.35. The van der Waals surface area contributed by atoms with Gasteiger partial charge in [-0.3, -0.25) is 5.43 Å². The van der Waals surface area contributed by atoms with Gasteiger partial charge < -0.3 is 0 Å². The summed E-state index contributed by atoms with van der Waals surface area (Å²) in [5.41, 5.74) is 2.30. The van der Waals surface area contributed by atoms with E-state index in [2.05, 4.69) is 15.5 Å². The van der Waals surface area contributed by atoms with E-state index in [1.54, 1.807) is 0 Å². The molecular formula is C13H9F4N3. The van der Waals surface area contributed by atoms with Gasteiger partial charge in [0.1, 0.15) is 11.6 Å². The van der Waals surface area contributed by atoms with Crippen molar-refractivity contribution in [3.05, 3.63) is 59.5 Å². The van der Waals surface area contributed by atoms with E-state index in [9.17, 15) is 17.6 Å². The first-order chi connectivity index (χ1) is 9.45. The first-order valence-corrected chi connectivity index (χ1v) is 5.53. The van der Waals surface area contributed by atoms with Crippen molar-refractivity contribution in [2.75, 3.05) is 5.43 Å². The molecule has 1 aromatic carbocycles. The molecule has 104 valence electrons. The van der Waals surface area contributed by atoms with Crippen molar-refractivity contribution >= 4 is 12.0 Å². The predicted octanol–water partition coefficient (Wildman–Crippen LogP) is 3.69. The first kappa shape index (κ1) is 14.0. The number of hydrogen-bond acceptors (Lipinski definition) is 3. The van der Waals surface area contributed by atoms with Gasteiger partial charge in [0, 0.05) is 6.20 Å². The van der Waals surface area contributed by atoms with Crippen LogP contribution in [0.5, 0.6) is 0 Å². The second-order valence-corrected chi connectivity index (χ2v) is 3.85. The SMILES string of the molecule is Fc1ccc(/C=N\Nc2ccc(C(F)(F)F)cn2)cc1. The average molecular weight is 283 g/mol. The summed E-state index contributed by atoms with van der Waals surface area (Å²) in [7, 11) is 0. The van der Waals surface area contributed by atoms with Crippen LogP contribution >= 0.6 is 0 Å². The number of nitrogens with one attached hydrogen (secondary N) is 1. The maximum Gasteiger partial charge on any atom is 0.417 e. The summed E-state index contributed by atoms with van der Waals surface area (Å²) >= 11 is 0. The minimum Gasteiger partial charge on any atom is -0.261 e. The zero-order chi connectivity index (χ0) is 14.6. The van der Waals surface area contributed by atoms with E-state index < -0.39 is 11.7 Å². The van der Waals surface area contributed by atoms with Gasteiger partial charge in [-0.25, -0.2) is 9.37 Å². The van der Waals surface area contributed by atoms with Crippen molar-refractivity contribution in [2.24, 2.45) is 5.10 Å². The van der Waals surface area contributed by atoms with Gasteiger partial charge in [-0.2, -0.15) is 18.3 Å². The third-order valence-electron chi connectivity index (χ3n) is 2.35. The summed E-state index contributed by atoms with van der Waals surface area (Å²) in [4.78, 5) is 3.59. The van der Waals surface area contributed by atoms with E-state index in [4.69, 9.17) is 0 Å². The van der Waals surface area contributed by atoms with Gasteiger partial charge in [0.05, 0.1) is 11.8 Å². The largest absolute Gasteiger partial charge is 0.417 e. The molecule has 0 unspecified atom stereocenters. The Balaban J connectivity index is 1.99. The van der Waals surface area contributed by atoms with Gasteiger partial charge >= 0.3 is 6.18 Å². The summed E-state index contributed by atoms with van der Waals surface area (Å²) < 4.78 is 49.6. The second kappa shape index (κ2) is 5.68. The lowest BCUT2D eigenvalue weighted by molar-refractivity contribution is -0.137. The summed E-state index contributed by atoms with van der Waals surface area (Å²) in [5.74, 6) is -0.184. The molecule has 0 saturated carbocycles. The van der Waals surface area contributed by atoms with Crippen LogP contribution in [0.25, 0.3) is 0 Å². The van der Waals surface area contributed by atoms with Crippen LogP contribution in [0.2, 0.25) is 0 Å². The number of hydrogen-bond donors (Lipinski definition) is 1. The van der Waals surface area contributed by atoms with E-state index in [1.807, 2.05) is 0 Å². The van der Waals surface area contributed by atoms with Crippen molar-refractivity contribution in [2.45, 2.75) is 6.18 Å². The van der Waals surface area contributed by atoms with Crippen molar-refractivity contribution in [1.82, 2.24) is 4.98 Å². The second-order valence-electron chi connectivity index (χ2n) is 3.85. The van der Waals surface area contributed by atoms with Crippen LogP contribution in [0.3, 0.4) is 0 Å². The normalized spacial score (nSPS) is 11.8. The van der Waals surface area contributed by atoms with E-state index in [-0.39, 0.29) is 11.6 Å². The predicted molar refractivity (Wildman–Crippen MR) is 66.9 cm³/mol. The van der Waals surface area contributed by atoms with Crippen molar-refractivity contribution in [3.8, 4) is 0 Å². The molecule has 3 nitrogen and oxygen atoms in total. The smallest absolute Gasteiger partial charge is 0.261 e. The lowest BCUT2D eigenvalue weighted by Crippen LogP contribution is -2.05. The molecule has 20 heavy (non-hydrogen) atoms. The minimum absolute atomic E-state index is 0.177. The van der Waals surface area contributed by atoms with Crippen LogP contribution in [-0.4, -0.2) is 11.2 Å². The Morgan fingerprint density at radius 3 is 2.30 bits per heavy atom. The van der Waals surface area contributed by atoms with Crippen LogP contribution in [0.1, 0.15) is 11.1 Å². The van der Waals surface area contributed by atoms with Gasteiger partial charge in [-0.1, -0.05) is 12.1 Å². The third kappa shape index (κ3) is 3.78. The number of rotatable bonds is 3. The van der Waals surface area contributed by atoms with Gasteiger partial charge in [0.2, 0.25) is 0 Å². The van der Waals surface area contributed by atoms with Crippen molar-refractivity contribution in [3.63, 3.8) is 0 Å². The molecule has 2 rings (SSSR count). The highest BCUT2D eigenvalue weighted by atomic mass is 19.4. The number of pyridine rings is 1. The van der Waals surface area contributed by atoms with E-state index in [1.165, 1.54) is 36.5 Å². The van der Waals surface area contributed by atoms with E-state index in [0.717, 1.165) is 12.3 Å². The summed E-state index contributed by atoms with van der Waals surface area (Å²) in [5, 5.41) is 3.79. The Kier molecular flexibility index (Phi) is 3.97. The standard InChI is InChI=1S/C13H9F4N3/c14-11-4-1-9(2-5-11)7-19-20-12-6-3-10(8-18-12)13(15,16)17/h1-8H,(H,18,20)/b19-7-. The molecule has 0 bridgehead atoms. The molecule has 2 aromatic rings. The lowest BCUT2D eigenvalue weighted by atomic mass is 10.2. The number of nitrogens with zero attached hydrogens (tertiary/aromatic N) is 2. The Morgan fingerprint density at radius 2 is 1.75 bits per heavy atom. The van der Waals surface area contributed by atoms with Crippen LogP contribution in [0, 0.1) is 5.82 Å². The molecule has 0 aliphatic carbocycles. The van der Waals surface area contributed by atoms with Gasteiger partial charge in [-0.15, -0.1) is 0 Å². The van der Waals surface area contributed by atoms with Gasteiger partial charge in [0.15, 0.2) is 0 Å². The zero-order valence-electron chi connectivity index (χ0n) is 10.0. The zero-order valence-corrected chi connectivity index (χ0v) is 10.0. The van der Waals surface area contributed by atoms with Crippen molar-refractivity contribution < 1.29 is 17.6 Å². The Bertz CT molecular complexity index is 589. The number of hydrazone groups is 1. The lowest BCUT2D eigenvalue weighted by Gasteiger charge is -2.06. The topological polar surface area (TPSA) is 37.3 Å². The molecule has 0 atom stereocenters. The van der Waals surface area contributed by atoms with Crippen molar-refractivity contribution in [1.29, 1.82) is 0 Å². The molecule has 1 heterocycles. The number of benzene rings is 1. The molecule has 0 fully saturated rings. The number of alkyl halides is 3. The Morgan fingerprint density at radius 1 is 1.05 bits per heavy atom. The molecule has 0 radical (unpaired) electrons. The van der Waals surface area contributed by atoms with Gasteiger partial charge in [-0.05, 0) is 29.8 Å². The van der Waals surface area contributed by atoms with Crippen LogP contribution in [-0.2, 0) is 6.18 Å². The van der Waals surface area contributed by atoms with Crippen LogP contribution in [0.15, 0.2) is 47.7 Å². The summed E-state index contributed by atoms with van der Waals surface area (Å²) in [6.45, 7) is 0. The maximum atomic E-state index is 12.6. The van der Waals surface area contributed by atoms with E-state index >= 15 is 0 Å².